The molecule has 0 saturated heterocycles. The lowest BCUT2D eigenvalue weighted by atomic mass is 10.1. The highest BCUT2D eigenvalue weighted by atomic mass is 19.4. The number of hydrogen-bond acceptors (Lipinski definition) is 4. The van der Waals surface area contributed by atoms with Crippen LogP contribution < -0.4 is 5.73 Å². The van der Waals surface area contributed by atoms with E-state index in [2.05, 4.69) is 15.5 Å². The minimum absolute atomic E-state index is 0.0121. The van der Waals surface area contributed by atoms with Crippen LogP contribution in [0.5, 0.6) is 0 Å². The molecule has 0 atom stereocenters. The first-order valence-corrected chi connectivity index (χ1v) is 5.56. The Balaban J connectivity index is 2.55. The molecule has 2 N–H and O–H groups in total. The second-order valence-electron chi connectivity index (χ2n) is 4.37. The van der Waals surface area contributed by atoms with E-state index in [0.29, 0.717) is 5.82 Å². The molecule has 0 aliphatic rings. The lowest BCUT2D eigenvalue weighted by molar-refractivity contribution is -0.136. The number of anilines is 1. The van der Waals surface area contributed by atoms with E-state index < -0.39 is 11.7 Å². The second-order valence-corrected chi connectivity index (χ2v) is 4.37. The molecule has 102 valence electrons. The minimum atomic E-state index is -4.51. The van der Waals surface area contributed by atoms with Gasteiger partial charge >= 0.3 is 6.18 Å². The first-order chi connectivity index (χ1) is 8.80. The Bertz CT molecular complexity index is 588. The summed E-state index contributed by atoms with van der Waals surface area (Å²) in [7, 11) is 0. The summed E-state index contributed by atoms with van der Waals surface area (Å²) in [6.07, 6.45) is -4.51. The SMILES string of the molecule is CC(C)c1nnnn1-c1ccc(N)c(C(F)(F)F)c1. The van der Waals surface area contributed by atoms with E-state index in [4.69, 9.17) is 5.73 Å². The summed E-state index contributed by atoms with van der Waals surface area (Å²) < 4.78 is 39.6. The normalized spacial score (nSPS) is 12.1. The van der Waals surface area contributed by atoms with E-state index in [-0.39, 0.29) is 17.3 Å². The van der Waals surface area contributed by atoms with Gasteiger partial charge in [-0.1, -0.05) is 13.8 Å². The van der Waals surface area contributed by atoms with Crippen molar-refractivity contribution >= 4 is 5.69 Å². The number of nitrogens with zero attached hydrogens (tertiary/aromatic N) is 4. The van der Waals surface area contributed by atoms with Crippen LogP contribution in [0.1, 0.15) is 31.2 Å². The van der Waals surface area contributed by atoms with Gasteiger partial charge in [0.1, 0.15) is 0 Å². The lowest BCUT2D eigenvalue weighted by Crippen LogP contribution is -2.11. The fourth-order valence-electron chi connectivity index (χ4n) is 1.66. The number of halogens is 3. The Morgan fingerprint density at radius 1 is 1.26 bits per heavy atom. The predicted octanol–water partition coefficient (Wildman–Crippen LogP) is 2.39. The van der Waals surface area contributed by atoms with Crippen LogP contribution >= 0.6 is 0 Å². The molecule has 19 heavy (non-hydrogen) atoms. The zero-order chi connectivity index (χ0) is 14.2. The van der Waals surface area contributed by atoms with Crippen molar-refractivity contribution in [2.24, 2.45) is 0 Å². The summed E-state index contributed by atoms with van der Waals surface area (Å²) in [5, 5.41) is 11.0. The third-order valence-corrected chi connectivity index (χ3v) is 2.60. The summed E-state index contributed by atoms with van der Waals surface area (Å²) in [5.41, 5.74) is 4.36. The fraction of sp³-hybridized carbons (Fsp3) is 0.364. The first kappa shape index (κ1) is 13.3. The zero-order valence-electron chi connectivity index (χ0n) is 10.3. The lowest BCUT2D eigenvalue weighted by Gasteiger charge is -2.12. The van der Waals surface area contributed by atoms with Crippen LogP contribution in [0.4, 0.5) is 18.9 Å². The van der Waals surface area contributed by atoms with Gasteiger partial charge in [-0.3, -0.25) is 0 Å². The summed E-state index contributed by atoms with van der Waals surface area (Å²) in [6.45, 7) is 3.70. The molecule has 1 heterocycles. The predicted molar refractivity (Wildman–Crippen MR) is 62.7 cm³/mol. The van der Waals surface area contributed by atoms with Gasteiger partial charge in [0.15, 0.2) is 5.82 Å². The molecule has 0 radical (unpaired) electrons. The number of benzene rings is 1. The molecule has 0 bridgehead atoms. The van der Waals surface area contributed by atoms with E-state index in [1.807, 2.05) is 13.8 Å². The molecule has 2 aromatic rings. The standard InChI is InChI=1S/C11H12F3N5/c1-6(2)10-16-17-18-19(10)7-3-4-9(15)8(5-7)11(12,13)14/h3-6H,15H2,1-2H3. The summed E-state index contributed by atoms with van der Waals surface area (Å²) in [4.78, 5) is 0. The van der Waals surface area contributed by atoms with Crippen LogP contribution in [-0.4, -0.2) is 20.2 Å². The van der Waals surface area contributed by atoms with Crippen LogP contribution in [0.15, 0.2) is 18.2 Å². The van der Waals surface area contributed by atoms with E-state index in [1.165, 1.54) is 16.8 Å². The minimum Gasteiger partial charge on any atom is -0.398 e. The number of tetrazole rings is 1. The molecule has 1 aromatic heterocycles. The number of hydrogen-bond donors (Lipinski definition) is 1. The highest BCUT2D eigenvalue weighted by Gasteiger charge is 2.33. The van der Waals surface area contributed by atoms with Crippen molar-refractivity contribution in [1.82, 2.24) is 20.2 Å². The molecule has 0 fully saturated rings. The van der Waals surface area contributed by atoms with Crippen molar-refractivity contribution in [3.05, 3.63) is 29.6 Å². The molecule has 8 heteroatoms. The molecular weight excluding hydrogens is 259 g/mol. The van der Waals surface area contributed by atoms with Gasteiger partial charge in [-0.2, -0.15) is 17.9 Å². The van der Waals surface area contributed by atoms with Gasteiger partial charge in [0.05, 0.1) is 11.3 Å². The van der Waals surface area contributed by atoms with Gasteiger partial charge in [-0.15, -0.1) is 5.10 Å². The van der Waals surface area contributed by atoms with Gasteiger partial charge in [-0.05, 0) is 28.6 Å². The van der Waals surface area contributed by atoms with Crippen LogP contribution in [0, 0.1) is 0 Å². The molecule has 2 rings (SSSR count). The molecule has 0 aliphatic carbocycles. The van der Waals surface area contributed by atoms with Crippen LogP contribution in [0.25, 0.3) is 5.69 Å². The van der Waals surface area contributed by atoms with Gasteiger partial charge in [-0.25, -0.2) is 0 Å². The third kappa shape index (κ3) is 2.51. The Hall–Kier alpha value is -2.12. The Morgan fingerprint density at radius 2 is 1.95 bits per heavy atom. The second kappa shape index (κ2) is 4.52. The molecule has 0 unspecified atom stereocenters. The van der Waals surface area contributed by atoms with Gasteiger partial charge < -0.3 is 5.73 Å². The molecule has 0 aliphatic heterocycles. The largest absolute Gasteiger partial charge is 0.418 e. The number of aromatic nitrogens is 4. The van der Waals surface area contributed by atoms with Gasteiger partial charge in [0.2, 0.25) is 0 Å². The van der Waals surface area contributed by atoms with Crippen molar-refractivity contribution in [1.29, 1.82) is 0 Å². The zero-order valence-corrected chi connectivity index (χ0v) is 10.3. The number of nitrogen functional groups attached to an aromatic ring is 1. The average Bonchev–Trinajstić information content (AvgIpc) is 2.77. The van der Waals surface area contributed by atoms with Crippen molar-refractivity contribution in [3.8, 4) is 5.69 Å². The number of alkyl halides is 3. The van der Waals surface area contributed by atoms with Crippen LogP contribution in [0.2, 0.25) is 0 Å². The molecule has 0 amide bonds. The Kier molecular flexibility index (Phi) is 3.17. The smallest absolute Gasteiger partial charge is 0.398 e. The number of nitrogens with two attached hydrogens (primary N) is 1. The highest BCUT2D eigenvalue weighted by Crippen LogP contribution is 2.34. The molecule has 5 nitrogen and oxygen atoms in total. The topological polar surface area (TPSA) is 69.6 Å². The Morgan fingerprint density at radius 3 is 2.53 bits per heavy atom. The van der Waals surface area contributed by atoms with E-state index in [1.54, 1.807) is 0 Å². The third-order valence-electron chi connectivity index (χ3n) is 2.60. The summed E-state index contributed by atoms with van der Waals surface area (Å²) in [6, 6.07) is 3.59. The van der Waals surface area contributed by atoms with Crippen molar-refractivity contribution < 1.29 is 13.2 Å². The van der Waals surface area contributed by atoms with Crippen molar-refractivity contribution in [2.45, 2.75) is 25.9 Å². The maximum atomic E-state index is 12.8. The molecular formula is C11H12F3N5. The van der Waals surface area contributed by atoms with Gasteiger partial charge in [0, 0.05) is 11.6 Å². The van der Waals surface area contributed by atoms with E-state index in [0.717, 1.165) is 6.07 Å². The summed E-state index contributed by atoms with van der Waals surface area (Å²) >= 11 is 0. The van der Waals surface area contributed by atoms with Gasteiger partial charge in [0.25, 0.3) is 0 Å². The highest BCUT2D eigenvalue weighted by molar-refractivity contribution is 5.54. The number of rotatable bonds is 2. The first-order valence-electron chi connectivity index (χ1n) is 5.56. The Labute approximate surface area is 107 Å². The van der Waals surface area contributed by atoms with Crippen LogP contribution in [0.3, 0.4) is 0 Å². The maximum Gasteiger partial charge on any atom is 0.418 e. The molecule has 0 saturated carbocycles. The maximum absolute atomic E-state index is 12.8. The fourth-order valence-corrected chi connectivity index (χ4v) is 1.66. The molecule has 0 spiro atoms. The summed E-state index contributed by atoms with van der Waals surface area (Å²) in [5.74, 6) is 0.472. The van der Waals surface area contributed by atoms with E-state index >= 15 is 0 Å². The van der Waals surface area contributed by atoms with E-state index in [9.17, 15) is 13.2 Å². The van der Waals surface area contributed by atoms with Crippen LogP contribution in [-0.2, 0) is 6.18 Å². The van der Waals surface area contributed by atoms with Crippen molar-refractivity contribution in [2.75, 3.05) is 5.73 Å². The average molecular weight is 271 g/mol. The van der Waals surface area contributed by atoms with Crippen molar-refractivity contribution in [3.63, 3.8) is 0 Å². The molecule has 1 aromatic carbocycles. The quantitative estimate of drug-likeness (QED) is 0.851. The monoisotopic (exact) mass is 271 g/mol.